The fourth-order valence-electron chi connectivity index (χ4n) is 2.62. The van der Waals surface area contributed by atoms with Gasteiger partial charge in [-0.25, -0.2) is 0 Å². The van der Waals surface area contributed by atoms with Crippen molar-refractivity contribution in [3.8, 4) is 11.3 Å². The first-order valence-electron chi connectivity index (χ1n) is 8.30. The van der Waals surface area contributed by atoms with E-state index in [1.165, 1.54) is 5.56 Å². The highest BCUT2D eigenvalue weighted by atomic mass is 16.1. The molecule has 0 fully saturated rings. The molecule has 3 rings (SSSR count). The van der Waals surface area contributed by atoms with E-state index in [0.717, 1.165) is 23.2 Å². The molecule has 1 amide bonds. The van der Waals surface area contributed by atoms with Crippen molar-refractivity contribution in [2.24, 2.45) is 7.05 Å². The van der Waals surface area contributed by atoms with Crippen LogP contribution in [0.5, 0.6) is 0 Å². The Balaban J connectivity index is 1.48. The number of hydrogen-bond acceptors (Lipinski definition) is 2. The Morgan fingerprint density at radius 2 is 1.84 bits per heavy atom. The van der Waals surface area contributed by atoms with Crippen LogP contribution >= 0.6 is 0 Å². The molecular formula is C21H21N3O. The maximum Gasteiger partial charge on any atom is 0.244 e. The fraction of sp³-hybridized carbons (Fsp3) is 0.143. The molecule has 0 aliphatic carbocycles. The highest BCUT2D eigenvalue weighted by Crippen LogP contribution is 2.18. The molecule has 1 N–H and O–H groups in total. The molecular weight excluding hydrogens is 310 g/mol. The predicted molar refractivity (Wildman–Crippen MR) is 101 cm³/mol. The van der Waals surface area contributed by atoms with Gasteiger partial charge in [-0.2, -0.15) is 5.10 Å². The molecule has 0 radical (unpaired) electrons. The summed E-state index contributed by atoms with van der Waals surface area (Å²) in [6, 6.07) is 20.1. The van der Waals surface area contributed by atoms with E-state index in [9.17, 15) is 4.79 Å². The Labute approximate surface area is 147 Å². The van der Waals surface area contributed by atoms with Gasteiger partial charge in [-0.05, 0) is 35.3 Å². The molecule has 2 aromatic carbocycles. The van der Waals surface area contributed by atoms with Gasteiger partial charge < -0.3 is 5.32 Å². The summed E-state index contributed by atoms with van der Waals surface area (Å²) in [5, 5.41) is 7.10. The zero-order valence-electron chi connectivity index (χ0n) is 14.2. The summed E-state index contributed by atoms with van der Waals surface area (Å²) in [6.07, 6.45) is 5.98. The van der Waals surface area contributed by atoms with Gasteiger partial charge in [0.25, 0.3) is 0 Å². The normalized spacial score (nSPS) is 10.9. The summed E-state index contributed by atoms with van der Waals surface area (Å²) >= 11 is 0. The van der Waals surface area contributed by atoms with Crippen molar-refractivity contribution in [3.05, 3.63) is 84.1 Å². The van der Waals surface area contributed by atoms with Gasteiger partial charge in [0.2, 0.25) is 5.91 Å². The summed E-state index contributed by atoms with van der Waals surface area (Å²) in [5.74, 6) is -0.0737. The van der Waals surface area contributed by atoms with E-state index >= 15 is 0 Å². The minimum Gasteiger partial charge on any atom is -0.352 e. The molecule has 4 nitrogen and oxygen atoms in total. The van der Waals surface area contributed by atoms with Crippen LogP contribution in [-0.4, -0.2) is 22.2 Å². The maximum absolute atomic E-state index is 11.8. The topological polar surface area (TPSA) is 46.9 Å². The van der Waals surface area contributed by atoms with Crippen molar-refractivity contribution in [1.29, 1.82) is 0 Å². The second-order valence-corrected chi connectivity index (χ2v) is 5.82. The molecule has 1 aromatic heterocycles. The minimum atomic E-state index is -0.0737. The number of nitrogens with zero attached hydrogens (tertiary/aromatic N) is 2. The van der Waals surface area contributed by atoms with Crippen molar-refractivity contribution < 1.29 is 4.79 Å². The largest absolute Gasteiger partial charge is 0.352 e. The van der Waals surface area contributed by atoms with E-state index in [2.05, 4.69) is 34.7 Å². The highest BCUT2D eigenvalue weighted by Gasteiger charge is 2.02. The van der Waals surface area contributed by atoms with Crippen molar-refractivity contribution in [2.45, 2.75) is 6.42 Å². The molecule has 0 saturated carbocycles. The second kappa shape index (κ2) is 8.11. The van der Waals surface area contributed by atoms with E-state index < -0.39 is 0 Å². The second-order valence-electron chi connectivity index (χ2n) is 5.82. The Kier molecular flexibility index (Phi) is 5.42. The van der Waals surface area contributed by atoms with Gasteiger partial charge >= 0.3 is 0 Å². The van der Waals surface area contributed by atoms with Crippen LogP contribution in [-0.2, 0) is 18.3 Å². The number of hydrogen-bond donors (Lipinski definition) is 1. The number of carbonyl (C=O) groups excluding carboxylic acids is 1. The Hall–Kier alpha value is -3.14. The molecule has 0 bridgehead atoms. The van der Waals surface area contributed by atoms with Gasteiger partial charge in [-0.3, -0.25) is 9.48 Å². The smallest absolute Gasteiger partial charge is 0.244 e. The third-order valence-corrected chi connectivity index (χ3v) is 4.01. The van der Waals surface area contributed by atoms with Crippen LogP contribution in [0.25, 0.3) is 17.3 Å². The first kappa shape index (κ1) is 16.7. The first-order valence-corrected chi connectivity index (χ1v) is 8.30. The molecule has 4 heteroatoms. The van der Waals surface area contributed by atoms with Crippen LogP contribution in [0.3, 0.4) is 0 Å². The molecule has 0 spiro atoms. The number of aryl methyl sites for hydroxylation is 1. The van der Waals surface area contributed by atoms with E-state index in [-0.39, 0.29) is 5.91 Å². The standard InChI is InChI=1S/C21H21N3O/c1-24-20(14-16-23-24)19-10-7-18(8-11-19)13-15-22-21(25)12-9-17-5-3-2-4-6-17/h2-12,14,16H,13,15H2,1H3,(H,22,25). The SMILES string of the molecule is Cn1nccc1-c1ccc(CCNC(=O)C=Cc2ccccc2)cc1. The quantitative estimate of drug-likeness (QED) is 0.703. The van der Waals surface area contributed by atoms with Crippen LogP contribution < -0.4 is 5.32 Å². The van der Waals surface area contributed by atoms with E-state index in [1.54, 1.807) is 12.3 Å². The summed E-state index contributed by atoms with van der Waals surface area (Å²) in [5.41, 5.74) is 4.44. The molecule has 1 heterocycles. The van der Waals surface area contributed by atoms with E-state index in [0.29, 0.717) is 6.54 Å². The Morgan fingerprint density at radius 1 is 1.08 bits per heavy atom. The number of aromatic nitrogens is 2. The minimum absolute atomic E-state index is 0.0737. The van der Waals surface area contributed by atoms with Gasteiger partial charge in [0.05, 0.1) is 5.69 Å². The Bertz CT molecular complexity index is 848. The third kappa shape index (κ3) is 4.67. The first-order chi connectivity index (χ1) is 12.2. The molecule has 25 heavy (non-hydrogen) atoms. The number of carbonyl (C=O) groups is 1. The third-order valence-electron chi connectivity index (χ3n) is 4.01. The lowest BCUT2D eigenvalue weighted by molar-refractivity contribution is -0.116. The number of rotatable bonds is 6. The summed E-state index contributed by atoms with van der Waals surface area (Å²) in [7, 11) is 1.93. The average molecular weight is 331 g/mol. The number of benzene rings is 2. The maximum atomic E-state index is 11.8. The number of nitrogens with one attached hydrogen (secondary N) is 1. The lowest BCUT2D eigenvalue weighted by Crippen LogP contribution is -2.23. The van der Waals surface area contributed by atoms with Gasteiger partial charge in [-0.1, -0.05) is 54.6 Å². The molecule has 0 saturated heterocycles. The summed E-state index contributed by atoms with van der Waals surface area (Å²) < 4.78 is 1.86. The molecule has 126 valence electrons. The lowest BCUT2D eigenvalue weighted by atomic mass is 10.1. The van der Waals surface area contributed by atoms with Crippen molar-refractivity contribution in [3.63, 3.8) is 0 Å². The van der Waals surface area contributed by atoms with Crippen LogP contribution in [0, 0.1) is 0 Å². The predicted octanol–water partition coefficient (Wildman–Crippen LogP) is 3.46. The zero-order valence-corrected chi connectivity index (χ0v) is 14.2. The molecule has 0 aliphatic heterocycles. The van der Waals surface area contributed by atoms with Crippen molar-refractivity contribution in [2.75, 3.05) is 6.54 Å². The van der Waals surface area contributed by atoms with Gasteiger partial charge in [-0.15, -0.1) is 0 Å². The van der Waals surface area contributed by atoms with Crippen LogP contribution in [0.2, 0.25) is 0 Å². The lowest BCUT2D eigenvalue weighted by Gasteiger charge is -2.05. The van der Waals surface area contributed by atoms with Gasteiger partial charge in [0.1, 0.15) is 0 Å². The molecule has 0 aliphatic rings. The summed E-state index contributed by atoms with van der Waals surface area (Å²) in [6.45, 7) is 0.614. The van der Waals surface area contributed by atoms with Crippen LogP contribution in [0.1, 0.15) is 11.1 Å². The zero-order chi connectivity index (χ0) is 17.5. The number of amides is 1. The van der Waals surface area contributed by atoms with Crippen LogP contribution in [0.4, 0.5) is 0 Å². The monoisotopic (exact) mass is 331 g/mol. The van der Waals surface area contributed by atoms with E-state index in [4.69, 9.17) is 0 Å². The van der Waals surface area contributed by atoms with Crippen molar-refractivity contribution in [1.82, 2.24) is 15.1 Å². The Morgan fingerprint density at radius 3 is 2.52 bits per heavy atom. The average Bonchev–Trinajstić information content (AvgIpc) is 3.07. The summed E-state index contributed by atoms with van der Waals surface area (Å²) in [4.78, 5) is 11.8. The molecule has 0 atom stereocenters. The fourth-order valence-corrected chi connectivity index (χ4v) is 2.62. The van der Waals surface area contributed by atoms with Crippen molar-refractivity contribution >= 4 is 12.0 Å². The van der Waals surface area contributed by atoms with E-state index in [1.807, 2.05) is 54.2 Å². The van der Waals surface area contributed by atoms with Gasteiger partial charge in [0.15, 0.2) is 0 Å². The molecule has 0 unspecified atom stereocenters. The van der Waals surface area contributed by atoms with Crippen LogP contribution in [0.15, 0.2) is 72.9 Å². The highest BCUT2D eigenvalue weighted by molar-refractivity contribution is 5.91. The molecule has 3 aromatic rings. The van der Waals surface area contributed by atoms with Gasteiger partial charge in [0, 0.05) is 25.9 Å².